The summed E-state index contributed by atoms with van der Waals surface area (Å²) in [5.41, 5.74) is 1.91. The fourth-order valence-electron chi connectivity index (χ4n) is 3.80. The van der Waals surface area contributed by atoms with Gasteiger partial charge in [0.2, 0.25) is 0 Å². The Morgan fingerprint density at radius 2 is 1.63 bits per heavy atom. The van der Waals surface area contributed by atoms with Crippen molar-refractivity contribution in [1.29, 1.82) is 0 Å². The molecule has 7 heteroatoms. The smallest absolute Gasteiger partial charge is 0.321 e. The molecule has 3 rings (SSSR count). The molecular weight excluding hydrogens is 408 g/mol. The molecule has 0 radical (unpaired) electrons. The van der Waals surface area contributed by atoms with Crippen molar-refractivity contribution in [3.05, 3.63) is 28.2 Å². The molecule has 0 spiro atoms. The van der Waals surface area contributed by atoms with Crippen LogP contribution in [-0.4, -0.2) is 42.1 Å². The predicted molar refractivity (Wildman–Crippen MR) is 111 cm³/mol. The number of nitrogens with one attached hydrogen (secondary N) is 3. The van der Waals surface area contributed by atoms with Gasteiger partial charge in [0, 0.05) is 29.6 Å². The molecule has 6 nitrogen and oxygen atoms in total. The third-order valence-electron chi connectivity index (χ3n) is 5.42. The van der Waals surface area contributed by atoms with E-state index in [4.69, 9.17) is 0 Å². The lowest BCUT2D eigenvalue weighted by Gasteiger charge is -2.33. The van der Waals surface area contributed by atoms with Crippen molar-refractivity contribution < 1.29 is 9.59 Å². The Labute approximate surface area is 169 Å². The highest BCUT2D eigenvalue weighted by Crippen LogP contribution is 2.24. The number of hydrogen-bond donors (Lipinski definition) is 3. The lowest BCUT2D eigenvalue weighted by atomic mass is 9.96. The second-order valence-corrected chi connectivity index (χ2v) is 8.48. The van der Waals surface area contributed by atoms with Crippen molar-refractivity contribution in [2.75, 3.05) is 18.4 Å². The van der Waals surface area contributed by atoms with E-state index < -0.39 is 0 Å². The van der Waals surface area contributed by atoms with Crippen LogP contribution in [0.15, 0.2) is 22.7 Å². The van der Waals surface area contributed by atoms with Crippen molar-refractivity contribution in [3.63, 3.8) is 0 Å². The Morgan fingerprint density at radius 1 is 1.00 bits per heavy atom. The van der Waals surface area contributed by atoms with E-state index in [1.165, 1.54) is 19.3 Å². The zero-order valence-electron chi connectivity index (χ0n) is 15.9. The molecule has 1 saturated carbocycles. The number of amides is 4. The highest BCUT2D eigenvalue weighted by atomic mass is 79.9. The zero-order chi connectivity index (χ0) is 19.2. The molecule has 2 aliphatic rings. The first kappa shape index (κ1) is 20.0. The summed E-state index contributed by atoms with van der Waals surface area (Å²) in [7, 11) is 0. The summed E-state index contributed by atoms with van der Waals surface area (Å²) >= 11 is 3.49. The standard InChI is InChI=1S/C20H29BrN4O2/c1-14-7-8-18(17(21)13-14)24-20(27)25-11-9-16(10-12-25)23-19(26)22-15-5-3-2-4-6-15/h7-8,13,15-16H,2-6,9-12H2,1H3,(H,24,27)(H2,22,23,26). The Hall–Kier alpha value is -1.76. The number of carbonyl (C=O) groups excluding carboxylic acids is 2. The highest BCUT2D eigenvalue weighted by Gasteiger charge is 2.25. The number of piperidine rings is 1. The SMILES string of the molecule is Cc1ccc(NC(=O)N2CCC(NC(=O)NC3CCCCC3)CC2)c(Br)c1. The van der Waals surface area contributed by atoms with E-state index in [2.05, 4.69) is 31.9 Å². The van der Waals surface area contributed by atoms with Gasteiger partial charge in [0.15, 0.2) is 0 Å². The Bertz CT molecular complexity index is 668. The summed E-state index contributed by atoms with van der Waals surface area (Å²) in [6.07, 6.45) is 7.41. The third kappa shape index (κ3) is 5.86. The third-order valence-corrected chi connectivity index (χ3v) is 6.08. The van der Waals surface area contributed by atoms with E-state index in [0.29, 0.717) is 19.1 Å². The fraction of sp³-hybridized carbons (Fsp3) is 0.600. The number of likely N-dealkylation sites (tertiary alicyclic amines) is 1. The van der Waals surface area contributed by atoms with E-state index in [1.54, 1.807) is 0 Å². The van der Waals surface area contributed by atoms with E-state index in [0.717, 1.165) is 41.4 Å². The lowest BCUT2D eigenvalue weighted by Crippen LogP contribution is -2.51. The molecule has 3 N–H and O–H groups in total. The molecule has 1 aromatic rings. The molecule has 2 fully saturated rings. The monoisotopic (exact) mass is 436 g/mol. The highest BCUT2D eigenvalue weighted by molar-refractivity contribution is 9.10. The van der Waals surface area contributed by atoms with E-state index in [1.807, 2.05) is 30.0 Å². The molecule has 1 heterocycles. The minimum atomic E-state index is -0.0929. The Morgan fingerprint density at radius 3 is 2.26 bits per heavy atom. The molecule has 27 heavy (non-hydrogen) atoms. The molecular formula is C20H29BrN4O2. The van der Waals surface area contributed by atoms with Crippen molar-refractivity contribution in [3.8, 4) is 0 Å². The molecule has 0 aromatic heterocycles. The van der Waals surface area contributed by atoms with Gasteiger partial charge < -0.3 is 20.9 Å². The number of benzene rings is 1. The molecule has 0 bridgehead atoms. The predicted octanol–water partition coefficient (Wildman–Crippen LogP) is 4.39. The lowest BCUT2D eigenvalue weighted by molar-refractivity contribution is 0.186. The average molecular weight is 437 g/mol. The van der Waals surface area contributed by atoms with Crippen molar-refractivity contribution in [2.24, 2.45) is 0 Å². The van der Waals surface area contributed by atoms with Crippen molar-refractivity contribution in [2.45, 2.75) is 64.0 Å². The minimum absolute atomic E-state index is 0.0617. The number of carbonyl (C=O) groups is 2. The molecule has 148 valence electrons. The van der Waals surface area contributed by atoms with Crippen molar-refractivity contribution >= 4 is 33.7 Å². The van der Waals surface area contributed by atoms with Crippen LogP contribution in [0.25, 0.3) is 0 Å². The van der Waals surface area contributed by atoms with E-state index in [-0.39, 0.29) is 18.1 Å². The normalized spacial score (nSPS) is 18.8. The number of hydrogen-bond acceptors (Lipinski definition) is 2. The summed E-state index contributed by atoms with van der Waals surface area (Å²) in [5.74, 6) is 0. The number of nitrogens with zero attached hydrogens (tertiary/aromatic N) is 1. The van der Waals surface area contributed by atoms with Crippen LogP contribution in [0.3, 0.4) is 0 Å². The van der Waals surface area contributed by atoms with Gasteiger partial charge in [0.1, 0.15) is 0 Å². The van der Waals surface area contributed by atoms with Crippen LogP contribution in [0.1, 0.15) is 50.5 Å². The zero-order valence-corrected chi connectivity index (χ0v) is 17.5. The van der Waals surface area contributed by atoms with Crippen LogP contribution in [0.2, 0.25) is 0 Å². The Kier molecular flexibility index (Phi) is 6.99. The van der Waals surface area contributed by atoms with Gasteiger partial charge in [-0.2, -0.15) is 0 Å². The summed E-state index contributed by atoms with van der Waals surface area (Å²) < 4.78 is 0.881. The molecule has 1 aromatic carbocycles. The number of urea groups is 2. The second-order valence-electron chi connectivity index (χ2n) is 7.63. The summed E-state index contributed by atoms with van der Waals surface area (Å²) in [6, 6.07) is 6.15. The van der Waals surface area contributed by atoms with Crippen LogP contribution >= 0.6 is 15.9 Å². The topological polar surface area (TPSA) is 73.5 Å². The van der Waals surface area contributed by atoms with E-state index >= 15 is 0 Å². The van der Waals surface area contributed by atoms with Crippen LogP contribution in [-0.2, 0) is 0 Å². The molecule has 0 atom stereocenters. The first-order valence-corrected chi connectivity index (χ1v) is 10.7. The summed E-state index contributed by atoms with van der Waals surface area (Å²) in [6.45, 7) is 3.30. The fourth-order valence-corrected chi connectivity index (χ4v) is 4.39. The first-order chi connectivity index (χ1) is 13.0. The molecule has 1 aliphatic carbocycles. The van der Waals surface area contributed by atoms with Gasteiger partial charge in [-0.25, -0.2) is 9.59 Å². The summed E-state index contributed by atoms with van der Waals surface area (Å²) in [4.78, 5) is 26.5. The maximum Gasteiger partial charge on any atom is 0.321 e. The second kappa shape index (κ2) is 9.44. The van der Waals surface area contributed by atoms with Gasteiger partial charge in [-0.05, 0) is 66.2 Å². The van der Waals surface area contributed by atoms with E-state index in [9.17, 15) is 9.59 Å². The number of rotatable bonds is 3. The first-order valence-electron chi connectivity index (χ1n) is 9.90. The quantitative estimate of drug-likeness (QED) is 0.657. The maximum absolute atomic E-state index is 12.5. The van der Waals surface area contributed by atoms with Crippen LogP contribution in [0.4, 0.5) is 15.3 Å². The average Bonchev–Trinajstić information content (AvgIpc) is 2.65. The van der Waals surface area contributed by atoms with Crippen LogP contribution < -0.4 is 16.0 Å². The Balaban J connectivity index is 1.41. The largest absolute Gasteiger partial charge is 0.335 e. The van der Waals surface area contributed by atoms with Gasteiger partial charge in [-0.3, -0.25) is 0 Å². The van der Waals surface area contributed by atoms with Gasteiger partial charge >= 0.3 is 12.1 Å². The molecule has 4 amide bonds. The van der Waals surface area contributed by atoms with Gasteiger partial charge in [-0.1, -0.05) is 25.3 Å². The number of anilines is 1. The van der Waals surface area contributed by atoms with Gasteiger partial charge in [0.25, 0.3) is 0 Å². The molecule has 0 unspecified atom stereocenters. The number of halogens is 1. The van der Waals surface area contributed by atoms with Crippen LogP contribution in [0.5, 0.6) is 0 Å². The maximum atomic E-state index is 12.5. The van der Waals surface area contributed by atoms with Gasteiger partial charge in [0.05, 0.1) is 5.69 Å². The minimum Gasteiger partial charge on any atom is -0.335 e. The molecule has 1 saturated heterocycles. The summed E-state index contributed by atoms with van der Waals surface area (Å²) in [5, 5.41) is 9.13. The number of aryl methyl sites for hydroxylation is 1. The van der Waals surface area contributed by atoms with Crippen LogP contribution in [0, 0.1) is 6.92 Å². The van der Waals surface area contributed by atoms with Crippen molar-refractivity contribution in [1.82, 2.24) is 15.5 Å². The van der Waals surface area contributed by atoms with Gasteiger partial charge in [-0.15, -0.1) is 0 Å². The molecule has 1 aliphatic heterocycles.